The van der Waals surface area contributed by atoms with Crippen LogP contribution in [0.4, 0.5) is 8.78 Å². The minimum atomic E-state index is -4.53. The molecule has 0 saturated carbocycles. The second-order valence-electron chi connectivity index (χ2n) is 2.39. The number of alkyl halides is 2. The van der Waals surface area contributed by atoms with Gasteiger partial charge in [-0.25, -0.2) is 13.1 Å². The van der Waals surface area contributed by atoms with Crippen LogP contribution in [0, 0.1) is 0 Å². The van der Waals surface area contributed by atoms with Gasteiger partial charge >= 0.3 is 5.76 Å². The molecular weight excluding hydrogens is 220 g/mol. The Kier molecular flexibility index (Phi) is 5.31. The van der Waals surface area contributed by atoms with Gasteiger partial charge in [0.1, 0.15) is 5.84 Å². The number of amidine groups is 1. The molecule has 0 rings (SSSR count). The lowest BCUT2D eigenvalue weighted by molar-refractivity contribution is 0.232. The summed E-state index contributed by atoms with van der Waals surface area (Å²) in [6.45, 7) is -0.178. The second-order valence-corrected chi connectivity index (χ2v) is 4.13. The van der Waals surface area contributed by atoms with E-state index in [2.05, 4.69) is 5.16 Å². The predicted molar refractivity (Wildman–Crippen MR) is 45.6 cm³/mol. The van der Waals surface area contributed by atoms with Gasteiger partial charge in [-0.05, 0) is 6.42 Å². The van der Waals surface area contributed by atoms with Crippen molar-refractivity contribution in [3.05, 3.63) is 0 Å². The Morgan fingerprint density at radius 1 is 1.57 bits per heavy atom. The molecule has 0 saturated heterocycles. The van der Waals surface area contributed by atoms with Gasteiger partial charge in [0, 0.05) is 13.0 Å². The normalized spacial score (nSPS) is 13.5. The zero-order valence-electron chi connectivity index (χ0n) is 7.15. The van der Waals surface area contributed by atoms with E-state index < -0.39 is 15.8 Å². The quantitative estimate of drug-likeness (QED) is 0.191. The molecule has 0 heterocycles. The molecule has 0 fully saturated rings. The van der Waals surface area contributed by atoms with E-state index in [0.29, 0.717) is 0 Å². The predicted octanol–water partition coefficient (Wildman–Crippen LogP) is -0.345. The molecule has 9 heteroatoms. The standard InChI is InChI=1S/C5H11F2N3O3S/c6-5(7)14(12,13)9-3-1-2-4(8)10-11/h5,9,11H,1-3H2,(H2,8,10). The Bertz CT molecular complexity index is 291. The molecule has 0 unspecified atom stereocenters. The molecule has 0 aliphatic rings. The first-order valence-electron chi connectivity index (χ1n) is 3.63. The highest BCUT2D eigenvalue weighted by Crippen LogP contribution is 2.01. The first-order valence-corrected chi connectivity index (χ1v) is 5.18. The summed E-state index contributed by atoms with van der Waals surface area (Å²) < 4.78 is 46.1. The molecule has 14 heavy (non-hydrogen) atoms. The molecule has 0 atom stereocenters. The van der Waals surface area contributed by atoms with Crippen molar-refractivity contribution in [1.82, 2.24) is 4.72 Å². The number of nitrogens with two attached hydrogens (primary N) is 1. The monoisotopic (exact) mass is 231 g/mol. The minimum absolute atomic E-state index is 0.0822. The van der Waals surface area contributed by atoms with Crippen LogP contribution in [-0.4, -0.2) is 31.8 Å². The number of halogens is 2. The van der Waals surface area contributed by atoms with Crippen LogP contribution in [0.1, 0.15) is 12.8 Å². The summed E-state index contributed by atoms with van der Waals surface area (Å²) in [5, 5.41) is 10.7. The van der Waals surface area contributed by atoms with Crippen molar-refractivity contribution in [2.45, 2.75) is 18.6 Å². The summed E-state index contributed by atoms with van der Waals surface area (Å²) in [7, 11) is -4.53. The number of hydrogen-bond acceptors (Lipinski definition) is 4. The maximum absolute atomic E-state index is 11.7. The van der Waals surface area contributed by atoms with E-state index in [1.165, 1.54) is 0 Å². The van der Waals surface area contributed by atoms with Crippen molar-refractivity contribution in [3.8, 4) is 0 Å². The molecule has 6 nitrogen and oxygen atoms in total. The summed E-state index contributed by atoms with van der Waals surface area (Å²) in [4.78, 5) is 0. The number of nitrogens with one attached hydrogen (secondary N) is 1. The number of rotatable bonds is 6. The molecule has 0 aliphatic carbocycles. The van der Waals surface area contributed by atoms with Crippen molar-refractivity contribution in [2.24, 2.45) is 10.9 Å². The summed E-state index contributed by atoms with van der Waals surface area (Å²) in [5.41, 5.74) is 5.06. The topological polar surface area (TPSA) is 105 Å². The van der Waals surface area contributed by atoms with Gasteiger partial charge in [-0.3, -0.25) is 0 Å². The van der Waals surface area contributed by atoms with Crippen LogP contribution < -0.4 is 10.5 Å². The maximum Gasteiger partial charge on any atom is 0.350 e. The number of hydrogen-bond donors (Lipinski definition) is 3. The lowest BCUT2D eigenvalue weighted by Gasteiger charge is -2.04. The van der Waals surface area contributed by atoms with E-state index in [1.807, 2.05) is 0 Å². The third-order valence-electron chi connectivity index (χ3n) is 1.28. The van der Waals surface area contributed by atoms with Gasteiger partial charge in [0.15, 0.2) is 0 Å². The van der Waals surface area contributed by atoms with E-state index in [4.69, 9.17) is 10.9 Å². The van der Waals surface area contributed by atoms with Crippen LogP contribution in [0.25, 0.3) is 0 Å². The summed E-state index contributed by atoms with van der Waals surface area (Å²) >= 11 is 0. The zero-order chi connectivity index (χ0) is 11.2. The SMILES string of the molecule is NC(CCCNS(=O)(=O)C(F)F)=NO. The molecule has 0 bridgehead atoms. The van der Waals surface area contributed by atoms with Crippen molar-refractivity contribution < 1.29 is 22.4 Å². The molecule has 0 aromatic heterocycles. The van der Waals surface area contributed by atoms with Crippen molar-refractivity contribution in [3.63, 3.8) is 0 Å². The van der Waals surface area contributed by atoms with E-state index in [9.17, 15) is 17.2 Å². The van der Waals surface area contributed by atoms with Crippen LogP contribution in [-0.2, 0) is 10.0 Å². The first-order chi connectivity index (χ1) is 6.40. The van der Waals surface area contributed by atoms with Gasteiger partial charge < -0.3 is 10.9 Å². The second kappa shape index (κ2) is 5.70. The minimum Gasteiger partial charge on any atom is -0.409 e. The Morgan fingerprint density at radius 3 is 2.57 bits per heavy atom. The van der Waals surface area contributed by atoms with E-state index in [0.717, 1.165) is 0 Å². The molecule has 4 N–H and O–H groups in total. The van der Waals surface area contributed by atoms with Crippen LogP contribution in [0.2, 0.25) is 0 Å². The average Bonchev–Trinajstić information content (AvgIpc) is 2.11. The largest absolute Gasteiger partial charge is 0.409 e. The third kappa shape index (κ3) is 4.92. The van der Waals surface area contributed by atoms with Gasteiger partial charge in [-0.1, -0.05) is 5.16 Å². The highest BCUT2D eigenvalue weighted by molar-refractivity contribution is 7.89. The van der Waals surface area contributed by atoms with Gasteiger partial charge in [0.05, 0.1) is 0 Å². The summed E-state index contributed by atoms with van der Waals surface area (Å²) in [5.74, 6) is -3.52. The molecule has 0 spiro atoms. The van der Waals surface area contributed by atoms with Crippen LogP contribution in [0.5, 0.6) is 0 Å². The van der Waals surface area contributed by atoms with Gasteiger partial charge in [-0.15, -0.1) is 0 Å². The molecular formula is C5H11F2N3O3S. The highest BCUT2D eigenvalue weighted by atomic mass is 32.2. The molecule has 84 valence electrons. The number of nitrogens with zero attached hydrogens (tertiary/aromatic N) is 1. The lowest BCUT2D eigenvalue weighted by Crippen LogP contribution is -2.30. The molecule has 0 aliphatic heterocycles. The summed E-state index contributed by atoms with van der Waals surface area (Å²) in [6.07, 6.45) is 0.310. The van der Waals surface area contributed by atoms with Gasteiger partial charge in [0.2, 0.25) is 0 Å². The third-order valence-corrected chi connectivity index (χ3v) is 2.35. The Morgan fingerprint density at radius 2 is 2.14 bits per heavy atom. The lowest BCUT2D eigenvalue weighted by atomic mass is 10.3. The van der Waals surface area contributed by atoms with Crippen molar-refractivity contribution >= 4 is 15.9 Å². The van der Waals surface area contributed by atoms with Crippen LogP contribution in [0.3, 0.4) is 0 Å². The zero-order valence-corrected chi connectivity index (χ0v) is 7.97. The van der Waals surface area contributed by atoms with E-state index in [1.54, 1.807) is 4.72 Å². The van der Waals surface area contributed by atoms with E-state index in [-0.39, 0.29) is 25.2 Å². The number of sulfonamides is 1. The number of oxime groups is 1. The highest BCUT2D eigenvalue weighted by Gasteiger charge is 2.22. The fraction of sp³-hybridized carbons (Fsp3) is 0.800. The summed E-state index contributed by atoms with van der Waals surface area (Å²) in [6, 6.07) is 0. The smallest absolute Gasteiger partial charge is 0.350 e. The fourth-order valence-electron chi connectivity index (χ4n) is 0.597. The first kappa shape index (κ1) is 13.0. The molecule has 0 aromatic carbocycles. The van der Waals surface area contributed by atoms with E-state index >= 15 is 0 Å². The average molecular weight is 231 g/mol. The fourth-order valence-corrected chi connectivity index (χ4v) is 1.15. The Labute approximate surface area is 79.8 Å². The van der Waals surface area contributed by atoms with Crippen molar-refractivity contribution in [1.29, 1.82) is 0 Å². The molecule has 0 aromatic rings. The Hall–Kier alpha value is -0.960. The molecule has 0 amide bonds. The van der Waals surface area contributed by atoms with Gasteiger partial charge in [-0.2, -0.15) is 8.78 Å². The van der Waals surface area contributed by atoms with Crippen LogP contribution >= 0.6 is 0 Å². The Balaban J connectivity index is 3.76. The molecule has 0 radical (unpaired) electrons. The van der Waals surface area contributed by atoms with Crippen molar-refractivity contribution in [2.75, 3.05) is 6.54 Å². The maximum atomic E-state index is 11.7. The van der Waals surface area contributed by atoms with Crippen LogP contribution in [0.15, 0.2) is 5.16 Å². The van der Waals surface area contributed by atoms with Gasteiger partial charge in [0.25, 0.3) is 10.0 Å².